The Morgan fingerprint density at radius 2 is 0.505 bits per heavy atom. The number of aromatic nitrogens is 9. The molecule has 6 radical (unpaired) electrons. The molecule has 0 spiro atoms. The Balaban J connectivity index is 1.08. The summed E-state index contributed by atoms with van der Waals surface area (Å²) in [6.07, 6.45) is 3.88. The first-order valence-electron chi connectivity index (χ1n) is 34.7. The van der Waals surface area contributed by atoms with Gasteiger partial charge < -0.3 is 44.5 Å². The van der Waals surface area contributed by atoms with E-state index in [0.717, 1.165) is 30.4 Å². The van der Waals surface area contributed by atoms with Crippen LogP contribution < -0.4 is 44.5 Å². The number of nitrogens with one attached hydrogen (secondary N) is 3. The number of ether oxygens (including phenoxy) is 5. The van der Waals surface area contributed by atoms with Crippen LogP contribution in [-0.2, 0) is 31.2 Å². The molecule has 6 saturated heterocycles. The molecule has 3 aromatic rings. The van der Waals surface area contributed by atoms with Crippen molar-refractivity contribution in [1.29, 1.82) is 0 Å². The highest BCUT2D eigenvalue weighted by Gasteiger charge is 2.53. The van der Waals surface area contributed by atoms with E-state index in [4.69, 9.17) is 68.5 Å². The van der Waals surface area contributed by atoms with Gasteiger partial charge in [0.2, 0.25) is 23.8 Å². The highest BCUT2D eigenvalue weighted by atomic mass is 16.5. The molecule has 6 fully saturated rings. The Morgan fingerprint density at radius 1 is 0.299 bits per heavy atom. The minimum absolute atomic E-state index is 0.00619. The van der Waals surface area contributed by atoms with Crippen molar-refractivity contribution < 1.29 is 54.9 Å². The van der Waals surface area contributed by atoms with Crippen LogP contribution in [0.1, 0.15) is 243 Å². The lowest BCUT2D eigenvalue weighted by molar-refractivity contribution is -0.297. The maximum atomic E-state index is 13.7. The zero-order valence-corrected chi connectivity index (χ0v) is 62.4. The van der Waals surface area contributed by atoms with Crippen molar-refractivity contribution in [1.82, 2.24) is 75.2 Å². The number of nitrogens with zero attached hydrogens (tertiary/aromatic N) is 16. The summed E-state index contributed by atoms with van der Waals surface area (Å²) < 4.78 is 33.2. The summed E-state index contributed by atoms with van der Waals surface area (Å²) in [4.78, 5) is 45.5. The van der Waals surface area contributed by atoms with Crippen molar-refractivity contribution in [2.75, 3.05) is 47.2 Å². The first-order valence-corrected chi connectivity index (χ1v) is 34.7. The fourth-order valence-corrected chi connectivity index (χ4v) is 17.3. The molecule has 30 nitrogen and oxygen atoms in total. The van der Waals surface area contributed by atoms with Crippen LogP contribution in [0, 0.1) is 0 Å². The second-order valence-corrected chi connectivity index (χ2v) is 36.1. The van der Waals surface area contributed by atoms with Gasteiger partial charge in [-0.05, 0) is 205 Å². The molecule has 0 bridgehead atoms. The third kappa shape index (κ3) is 17.4. The molecule has 9 heterocycles. The van der Waals surface area contributed by atoms with E-state index in [9.17, 15) is 31.2 Å². The van der Waals surface area contributed by atoms with E-state index < -0.39 is 84.8 Å². The van der Waals surface area contributed by atoms with E-state index in [2.05, 4.69) is 16.0 Å². The van der Waals surface area contributed by atoms with Crippen molar-refractivity contribution in [3.8, 4) is 30.1 Å². The molecule has 30 heteroatoms. The number of hydrogen-bond donors (Lipinski definition) is 3. The average molecular weight is 1360 g/mol. The molecule has 6 aliphatic rings. The van der Waals surface area contributed by atoms with Crippen LogP contribution in [0.2, 0.25) is 0 Å². The van der Waals surface area contributed by atoms with Gasteiger partial charge in [-0.2, -0.15) is 34.9 Å². The van der Waals surface area contributed by atoms with Crippen molar-refractivity contribution in [3.05, 3.63) is 0 Å². The zero-order chi connectivity index (χ0) is 72.0. The van der Waals surface area contributed by atoms with Crippen molar-refractivity contribution in [2.24, 2.45) is 0 Å². The summed E-state index contributed by atoms with van der Waals surface area (Å²) in [5.41, 5.74) is -8.93. The molecule has 97 heavy (non-hydrogen) atoms. The molecule has 0 aromatic carbocycles. The normalized spacial score (nSPS) is 26.2. The molecule has 3 aromatic heterocycles. The first kappa shape index (κ1) is 75.9. The largest absolute Gasteiger partial charge is 0.461 e. The van der Waals surface area contributed by atoms with Crippen LogP contribution in [0.25, 0.3) is 0 Å². The van der Waals surface area contributed by atoms with Gasteiger partial charge in [0.05, 0.1) is 13.1 Å². The molecule has 9 rings (SSSR count). The van der Waals surface area contributed by atoms with Crippen LogP contribution in [-0.4, -0.2) is 204 Å². The summed E-state index contributed by atoms with van der Waals surface area (Å²) >= 11 is 0. The van der Waals surface area contributed by atoms with E-state index in [-0.39, 0.29) is 98.3 Å². The van der Waals surface area contributed by atoms with Crippen molar-refractivity contribution >= 4 is 23.8 Å². The smallest absolute Gasteiger partial charge is 0.324 e. The predicted octanol–water partition coefficient (Wildman–Crippen LogP) is 9.78. The van der Waals surface area contributed by atoms with E-state index in [1.807, 2.05) is 171 Å². The van der Waals surface area contributed by atoms with E-state index in [0.29, 0.717) is 77.0 Å². The number of hydroxylamine groups is 12. The highest BCUT2D eigenvalue weighted by Crippen LogP contribution is 2.45. The van der Waals surface area contributed by atoms with Gasteiger partial charge in [-0.1, -0.05) is 0 Å². The van der Waals surface area contributed by atoms with Crippen LogP contribution >= 0.6 is 0 Å². The Hall–Kier alpha value is -5.25. The number of anilines is 4. The fraction of sp³-hybridized carbons (Fsp3) is 0.866. The zero-order valence-electron chi connectivity index (χ0n) is 62.4. The molecule has 0 aliphatic carbocycles. The van der Waals surface area contributed by atoms with Crippen molar-refractivity contribution in [2.45, 2.75) is 346 Å². The van der Waals surface area contributed by atoms with E-state index in [1.54, 1.807) is 0 Å². The standard InChI is InChI=1S/C67H113N19O11/c1-56(2)29-41(30-57(3,4)81(56)87)68-47-71-50(77-53(74-47)95-44-35-62(13,14)84(90)63(15,16)36-44)80(25-27-93-51-72-48(69-42-31-58(5,6)82(88)59(7,8)32-42)75-54(78-51)96-45-37-64(17,18)85(91)65(19,20)38-45)26-28-94-52-73-49(70-43-33-60(9,10)83(89)61(11,12)34-43)76-55(79-52)97-46-39-66(21,22)86(92)67(23,24)40-46/h41-46H,25-40H2,1-24H3,(H,68,71,74,77)(H,69,72,75,78)(H,70,73,76,79). The average Bonchev–Trinajstić information content (AvgIpc) is 0.802. The maximum Gasteiger partial charge on any atom is 0.324 e. The summed E-state index contributed by atoms with van der Waals surface area (Å²) in [6.45, 7) is 45.8. The van der Waals surface area contributed by atoms with Gasteiger partial charge >= 0.3 is 30.1 Å². The molecular weight excluding hydrogens is 1250 g/mol. The quantitative estimate of drug-likeness (QED) is 0.0892. The van der Waals surface area contributed by atoms with E-state index in [1.165, 1.54) is 0 Å². The second-order valence-electron chi connectivity index (χ2n) is 36.1. The molecule has 6 aliphatic heterocycles. The van der Waals surface area contributed by atoms with Gasteiger partial charge in [0, 0.05) is 123 Å². The lowest BCUT2D eigenvalue weighted by Gasteiger charge is -2.50. The van der Waals surface area contributed by atoms with Crippen LogP contribution in [0.5, 0.6) is 30.1 Å². The summed E-state index contributed by atoms with van der Waals surface area (Å²) in [5.74, 6) is 0.721. The van der Waals surface area contributed by atoms with Gasteiger partial charge in [-0.3, -0.25) is 0 Å². The third-order valence-electron chi connectivity index (χ3n) is 20.5. The molecule has 542 valence electrons. The van der Waals surface area contributed by atoms with E-state index >= 15 is 0 Å². The SMILES string of the molecule is CC1(C)CC(Nc2nc(OCCN(CCOc3nc(NC4CC(C)(C)N([O])C(C)(C)C4)nc(OC4CC(C)(C)N([O])C(C)(C)C4)n3)c3nc(NC4CC(C)(C)N([O])C(C)(C)C4)nc(OC4CC(C)(C)N([O])C(C)(C)C4)n3)nc(OC3CC(C)(C)N([O])C(C)(C)C3)n2)CC(C)(C)N1[O]. The summed E-state index contributed by atoms with van der Waals surface area (Å²) in [7, 11) is 0. The topological polar surface area (TPSA) is 340 Å². The fourth-order valence-electron chi connectivity index (χ4n) is 17.3. The maximum absolute atomic E-state index is 13.7. The molecular formula is C67H113N19O11. The Labute approximate surface area is 575 Å². The predicted molar refractivity (Wildman–Crippen MR) is 358 cm³/mol. The molecule has 0 unspecified atom stereocenters. The Kier molecular flexibility index (Phi) is 20.8. The highest BCUT2D eigenvalue weighted by molar-refractivity contribution is 5.40. The second kappa shape index (κ2) is 26.6. The lowest BCUT2D eigenvalue weighted by atomic mass is 9.79. The van der Waals surface area contributed by atoms with Crippen molar-refractivity contribution in [3.63, 3.8) is 0 Å². The molecule has 0 saturated carbocycles. The first-order chi connectivity index (χ1) is 44.3. The van der Waals surface area contributed by atoms with Gasteiger partial charge in [-0.25, -0.2) is 0 Å². The minimum Gasteiger partial charge on any atom is -0.461 e. The molecule has 0 atom stereocenters. The summed E-state index contributed by atoms with van der Waals surface area (Å²) in [6, 6.07) is -0.829. The Bertz CT molecular complexity index is 2800. The lowest BCUT2D eigenvalue weighted by Crippen LogP contribution is -2.60. The minimum atomic E-state index is -0.787. The van der Waals surface area contributed by atoms with Crippen LogP contribution in [0.3, 0.4) is 0 Å². The van der Waals surface area contributed by atoms with Crippen LogP contribution in [0.4, 0.5) is 23.8 Å². The number of piperidine rings is 6. The molecule has 0 amide bonds. The number of hydrogen-bond acceptors (Lipinski definition) is 24. The van der Waals surface area contributed by atoms with Gasteiger partial charge in [0.25, 0.3) is 0 Å². The van der Waals surface area contributed by atoms with Gasteiger partial charge in [0.15, 0.2) is 0 Å². The van der Waals surface area contributed by atoms with Gasteiger partial charge in [-0.15, -0.1) is 71.6 Å². The monoisotopic (exact) mass is 1360 g/mol. The Morgan fingerprint density at radius 3 is 0.753 bits per heavy atom. The van der Waals surface area contributed by atoms with Gasteiger partial charge in [0.1, 0.15) is 31.5 Å². The summed E-state index contributed by atoms with van der Waals surface area (Å²) in [5, 5.41) is 98.7. The number of rotatable bonds is 21. The van der Waals surface area contributed by atoms with Crippen LogP contribution in [0.15, 0.2) is 0 Å². The molecule has 3 N–H and O–H groups in total. The third-order valence-corrected chi connectivity index (χ3v) is 20.5.